The number of hydrogen-bond donors (Lipinski definition) is 1. The molecule has 0 fully saturated rings. The van der Waals surface area contributed by atoms with Crippen molar-refractivity contribution in [2.24, 2.45) is 23.7 Å². The van der Waals surface area contributed by atoms with Crippen LogP contribution in [-0.2, 0) is 12.8 Å². The second-order valence-electron chi connectivity index (χ2n) is 11.5. The van der Waals surface area contributed by atoms with Crippen molar-refractivity contribution < 1.29 is 5.11 Å². The van der Waals surface area contributed by atoms with Gasteiger partial charge in [0.1, 0.15) is 11.6 Å². The van der Waals surface area contributed by atoms with Crippen LogP contribution in [0.3, 0.4) is 0 Å². The molecule has 0 aliphatic carbocycles. The summed E-state index contributed by atoms with van der Waals surface area (Å²) in [5.41, 5.74) is 3.23. The molecule has 0 radical (unpaired) electrons. The second-order valence-corrected chi connectivity index (χ2v) is 11.5. The van der Waals surface area contributed by atoms with Gasteiger partial charge < -0.3 is 10.0 Å². The molecule has 3 heteroatoms. The summed E-state index contributed by atoms with van der Waals surface area (Å²) in [4.78, 5) is 6.85. The summed E-state index contributed by atoms with van der Waals surface area (Å²) in [6.07, 6.45) is 15.6. The molecule has 1 aromatic rings. The van der Waals surface area contributed by atoms with E-state index in [4.69, 9.17) is 0 Å². The Bertz CT molecular complexity index is 684. The van der Waals surface area contributed by atoms with Crippen LogP contribution < -0.4 is 4.90 Å². The minimum absolute atomic E-state index is 0.443. The number of aryl methyl sites for hydroxylation is 1. The van der Waals surface area contributed by atoms with Gasteiger partial charge in [0.15, 0.2) is 0 Å². The van der Waals surface area contributed by atoms with E-state index in [0.29, 0.717) is 11.7 Å². The maximum atomic E-state index is 10.6. The fourth-order valence-electron chi connectivity index (χ4n) is 5.34. The molecule has 2 heterocycles. The average Bonchev–Trinajstić information content (AvgIpc) is 3.08. The Morgan fingerprint density at radius 1 is 0.812 bits per heavy atom. The van der Waals surface area contributed by atoms with E-state index in [1.54, 1.807) is 0 Å². The summed E-state index contributed by atoms with van der Waals surface area (Å²) in [5.74, 6) is 4.85. The normalized spacial score (nSPS) is 16.4. The first-order valence-corrected chi connectivity index (χ1v) is 13.6. The van der Waals surface area contributed by atoms with Gasteiger partial charge in [-0.3, -0.25) is 0 Å². The number of anilines is 1. The molecular weight excluding hydrogens is 392 g/mol. The molecule has 1 aliphatic heterocycles. The summed E-state index contributed by atoms with van der Waals surface area (Å²) < 4.78 is 0. The lowest BCUT2D eigenvalue weighted by atomic mass is 9.89. The van der Waals surface area contributed by atoms with Gasteiger partial charge in [0.25, 0.3) is 0 Å². The maximum absolute atomic E-state index is 10.6. The van der Waals surface area contributed by atoms with Crippen LogP contribution in [0, 0.1) is 30.6 Å². The highest BCUT2D eigenvalue weighted by Gasteiger charge is 2.24. The molecule has 1 aliphatic rings. The number of rotatable bonds is 15. The van der Waals surface area contributed by atoms with Crippen molar-refractivity contribution in [3.63, 3.8) is 0 Å². The van der Waals surface area contributed by atoms with E-state index in [2.05, 4.69) is 51.6 Å². The molecule has 3 unspecified atom stereocenters. The van der Waals surface area contributed by atoms with Crippen LogP contribution in [0.5, 0.6) is 5.75 Å². The molecule has 0 spiro atoms. The van der Waals surface area contributed by atoms with E-state index in [9.17, 15) is 5.11 Å². The summed E-state index contributed by atoms with van der Waals surface area (Å²) in [5, 5.41) is 10.6. The minimum Gasteiger partial charge on any atom is -0.506 e. The van der Waals surface area contributed by atoms with Crippen LogP contribution in [0.15, 0.2) is 0 Å². The molecule has 1 aromatic heterocycles. The topological polar surface area (TPSA) is 36.4 Å². The van der Waals surface area contributed by atoms with Crippen LogP contribution in [0.25, 0.3) is 0 Å². The fraction of sp³-hybridized carbons (Fsp3) is 0.828. The number of nitrogens with zero attached hydrogens (tertiary/aromatic N) is 2. The SMILES string of the molecule is Cc1nc2c(c(CCC(C)CCCC(C)CCCC(C)CCCC(C)C)c1O)CCN2C. The lowest BCUT2D eigenvalue weighted by Gasteiger charge is -2.18. The van der Waals surface area contributed by atoms with Crippen molar-refractivity contribution in [3.05, 3.63) is 16.8 Å². The summed E-state index contributed by atoms with van der Waals surface area (Å²) in [7, 11) is 2.11. The molecule has 0 bridgehead atoms. The van der Waals surface area contributed by atoms with E-state index < -0.39 is 0 Å². The van der Waals surface area contributed by atoms with Gasteiger partial charge in [0.2, 0.25) is 0 Å². The molecule has 0 saturated heterocycles. The van der Waals surface area contributed by atoms with E-state index in [0.717, 1.165) is 55.1 Å². The van der Waals surface area contributed by atoms with Crippen molar-refractivity contribution in [3.8, 4) is 5.75 Å². The third-order valence-electron chi connectivity index (χ3n) is 7.75. The first-order chi connectivity index (χ1) is 15.2. The molecule has 0 saturated carbocycles. The molecule has 1 N–H and O–H groups in total. The van der Waals surface area contributed by atoms with Gasteiger partial charge >= 0.3 is 0 Å². The Labute approximate surface area is 199 Å². The summed E-state index contributed by atoms with van der Waals surface area (Å²) in [6.45, 7) is 14.9. The number of aromatic nitrogens is 1. The highest BCUT2D eigenvalue weighted by Crippen LogP contribution is 2.36. The zero-order chi connectivity index (χ0) is 23.7. The molecule has 184 valence electrons. The number of likely N-dealkylation sites (N-methyl/N-ethyl adjacent to an activating group) is 1. The van der Waals surface area contributed by atoms with E-state index in [1.807, 2.05) is 6.92 Å². The Balaban J connectivity index is 1.63. The van der Waals surface area contributed by atoms with Crippen molar-refractivity contribution in [2.75, 3.05) is 18.5 Å². The predicted molar refractivity (Wildman–Crippen MR) is 140 cm³/mol. The van der Waals surface area contributed by atoms with Gasteiger partial charge in [-0.15, -0.1) is 0 Å². The average molecular weight is 445 g/mol. The minimum atomic E-state index is 0.443. The lowest BCUT2D eigenvalue weighted by molar-refractivity contribution is 0.373. The third-order valence-corrected chi connectivity index (χ3v) is 7.75. The number of pyridine rings is 1. The van der Waals surface area contributed by atoms with Crippen LogP contribution in [0.1, 0.15) is 116 Å². The predicted octanol–water partition coefficient (Wildman–Crippen LogP) is 8.10. The highest BCUT2D eigenvalue weighted by molar-refractivity contribution is 5.60. The fourth-order valence-corrected chi connectivity index (χ4v) is 5.34. The van der Waals surface area contributed by atoms with Crippen molar-refractivity contribution in [1.29, 1.82) is 0 Å². The van der Waals surface area contributed by atoms with E-state index in [1.165, 1.54) is 68.9 Å². The summed E-state index contributed by atoms with van der Waals surface area (Å²) >= 11 is 0. The van der Waals surface area contributed by atoms with E-state index in [-0.39, 0.29) is 0 Å². The second kappa shape index (κ2) is 13.5. The van der Waals surface area contributed by atoms with Crippen LogP contribution in [-0.4, -0.2) is 23.7 Å². The maximum Gasteiger partial charge on any atom is 0.140 e. The Hall–Kier alpha value is -1.25. The zero-order valence-electron chi connectivity index (χ0n) is 22.3. The van der Waals surface area contributed by atoms with Crippen molar-refractivity contribution in [1.82, 2.24) is 4.98 Å². The monoisotopic (exact) mass is 444 g/mol. The van der Waals surface area contributed by atoms with Crippen molar-refractivity contribution >= 4 is 5.82 Å². The smallest absolute Gasteiger partial charge is 0.140 e. The lowest BCUT2D eigenvalue weighted by Crippen LogP contribution is -2.14. The highest BCUT2D eigenvalue weighted by atomic mass is 16.3. The first kappa shape index (κ1) is 27.0. The molecule has 3 nitrogen and oxygen atoms in total. The Morgan fingerprint density at radius 3 is 1.84 bits per heavy atom. The van der Waals surface area contributed by atoms with Gasteiger partial charge in [-0.05, 0) is 49.9 Å². The third kappa shape index (κ3) is 8.60. The van der Waals surface area contributed by atoms with Crippen LogP contribution in [0.4, 0.5) is 5.82 Å². The number of fused-ring (bicyclic) bond motifs is 1. The molecular formula is C29H52N2O. The Morgan fingerprint density at radius 2 is 1.31 bits per heavy atom. The van der Waals surface area contributed by atoms with Gasteiger partial charge in [0.05, 0.1) is 5.69 Å². The van der Waals surface area contributed by atoms with E-state index >= 15 is 0 Å². The molecule has 0 aromatic carbocycles. The molecule has 2 rings (SSSR count). The Kier molecular flexibility index (Phi) is 11.4. The van der Waals surface area contributed by atoms with Crippen LogP contribution in [0.2, 0.25) is 0 Å². The molecule has 3 atom stereocenters. The summed E-state index contributed by atoms with van der Waals surface area (Å²) in [6, 6.07) is 0. The zero-order valence-corrected chi connectivity index (χ0v) is 22.3. The molecule has 0 amide bonds. The first-order valence-electron chi connectivity index (χ1n) is 13.6. The van der Waals surface area contributed by atoms with Gasteiger partial charge in [-0.2, -0.15) is 0 Å². The van der Waals surface area contributed by atoms with Gasteiger partial charge in [-0.1, -0.05) is 92.4 Å². The largest absolute Gasteiger partial charge is 0.506 e. The van der Waals surface area contributed by atoms with Gasteiger partial charge in [-0.25, -0.2) is 4.98 Å². The number of hydrogen-bond acceptors (Lipinski definition) is 3. The van der Waals surface area contributed by atoms with Crippen LogP contribution >= 0.6 is 0 Å². The van der Waals surface area contributed by atoms with Gasteiger partial charge in [0, 0.05) is 24.7 Å². The number of aromatic hydroxyl groups is 1. The molecule has 32 heavy (non-hydrogen) atoms. The van der Waals surface area contributed by atoms with Crippen molar-refractivity contribution in [2.45, 2.75) is 119 Å². The quantitative estimate of drug-likeness (QED) is 0.297. The standard InChI is InChI=1S/C29H52N2O/c1-21(2)11-8-12-22(3)13-9-14-23(4)15-10-16-24(5)17-18-26-27-19-20-31(7)29(27)30-25(6)28(26)32/h21-24,32H,8-20H2,1-7H3.